The molecule has 2 aliphatic rings. The average Bonchev–Trinajstić information content (AvgIpc) is 2.68. The summed E-state index contributed by atoms with van der Waals surface area (Å²) < 4.78 is 43.8. The molecule has 0 saturated heterocycles. The molecule has 1 saturated carbocycles. The maximum absolute atomic E-state index is 13.0. The van der Waals surface area contributed by atoms with Gasteiger partial charge in [-0.05, 0) is 37.5 Å². The Morgan fingerprint density at radius 3 is 2.31 bits per heavy atom. The van der Waals surface area contributed by atoms with E-state index in [0.29, 0.717) is 18.4 Å². The van der Waals surface area contributed by atoms with Gasteiger partial charge in [-0.1, -0.05) is 31.4 Å². The number of hydrogen-bond donors (Lipinski definition) is 1. The van der Waals surface area contributed by atoms with Crippen molar-refractivity contribution in [3.8, 4) is 0 Å². The zero-order chi connectivity index (χ0) is 21.4. The van der Waals surface area contributed by atoms with Crippen molar-refractivity contribution >= 4 is 11.9 Å². The van der Waals surface area contributed by atoms with Crippen LogP contribution in [0.3, 0.4) is 0 Å². The lowest BCUT2D eigenvalue weighted by Crippen LogP contribution is -2.51. The van der Waals surface area contributed by atoms with Crippen LogP contribution in [0.1, 0.15) is 56.2 Å². The first kappa shape index (κ1) is 21.2. The van der Waals surface area contributed by atoms with Crippen molar-refractivity contribution in [2.24, 2.45) is 5.41 Å². The van der Waals surface area contributed by atoms with E-state index in [1.807, 2.05) is 0 Å². The Morgan fingerprint density at radius 1 is 1.21 bits per heavy atom. The highest BCUT2D eigenvalue weighted by Crippen LogP contribution is 2.56. The van der Waals surface area contributed by atoms with E-state index in [-0.39, 0.29) is 17.9 Å². The number of rotatable bonds is 3. The number of hydrogen-bond acceptors (Lipinski definition) is 4. The lowest BCUT2D eigenvalue weighted by atomic mass is 9.63. The van der Waals surface area contributed by atoms with Crippen molar-refractivity contribution < 1.29 is 32.6 Å². The van der Waals surface area contributed by atoms with Crippen molar-refractivity contribution in [3.63, 3.8) is 0 Å². The summed E-state index contributed by atoms with van der Waals surface area (Å²) in [6.07, 6.45) is -0.926. The monoisotopic (exact) mass is 411 g/mol. The molecule has 1 spiro atoms. The van der Waals surface area contributed by atoms with Gasteiger partial charge in [-0.2, -0.15) is 13.2 Å². The zero-order valence-corrected chi connectivity index (χ0v) is 16.4. The molecule has 5 nitrogen and oxygen atoms in total. The maximum Gasteiger partial charge on any atom is 0.416 e. The van der Waals surface area contributed by atoms with Crippen LogP contribution in [-0.2, 0) is 20.5 Å². The number of carbonyl (C=O) groups is 2. The van der Waals surface area contributed by atoms with Crippen LogP contribution in [0.5, 0.6) is 0 Å². The predicted octanol–water partition coefficient (Wildman–Crippen LogP) is 4.54. The molecule has 8 heteroatoms. The zero-order valence-electron chi connectivity index (χ0n) is 16.4. The summed E-state index contributed by atoms with van der Waals surface area (Å²) >= 11 is 0. The minimum absolute atomic E-state index is 0.0575. The number of carbonyl (C=O) groups excluding carboxylic acids is 2. The van der Waals surface area contributed by atoms with Gasteiger partial charge in [0.25, 0.3) is 5.91 Å². The topological polar surface area (TPSA) is 66.8 Å². The second-order valence-corrected chi connectivity index (χ2v) is 7.60. The molecule has 0 aromatic heterocycles. The summed E-state index contributed by atoms with van der Waals surface area (Å²) in [4.78, 5) is 26.6. The normalized spacial score (nSPS) is 22.2. The second-order valence-electron chi connectivity index (χ2n) is 7.60. The maximum atomic E-state index is 13.0. The van der Waals surface area contributed by atoms with E-state index in [1.165, 1.54) is 24.1 Å². The van der Waals surface area contributed by atoms with Crippen molar-refractivity contribution in [1.82, 2.24) is 4.90 Å². The molecule has 1 unspecified atom stereocenters. The second kappa shape index (κ2) is 7.72. The Morgan fingerprint density at radius 2 is 1.79 bits per heavy atom. The van der Waals surface area contributed by atoms with Gasteiger partial charge < -0.3 is 14.7 Å². The summed E-state index contributed by atoms with van der Waals surface area (Å²) in [5.41, 5.74) is -1.59. The average molecular weight is 411 g/mol. The molecule has 158 valence electrons. The van der Waals surface area contributed by atoms with Crippen molar-refractivity contribution in [3.05, 3.63) is 46.7 Å². The summed E-state index contributed by atoms with van der Waals surface area (Å²) in [7, 11) is 1.51. The molecule has 1 aromatic rings. The third kappa shape index (κ3) is 3.60. The number of halogens is 3. The van der Waals surface area contributed by atoms with E-state index in [0.717, 1.165) is 31.4 Å². The van der Waals surface area contributed by atoms with Crippen LogP contribution in [0.2, 0.25) is 0 Å². The Kier molecular flexibility index (Phi) is 5.65. The fourth-order valence-electron chi connectivity index (χ4n) is 4.62. The van der Waals surface area contributed by atoms with E-state index in [4.69, 9.17) is 4.74 Å². The SMILES string of the molecule is CCOC(=O)C1=C(O)C2(CCCCC2)C(c2ccc(C(F)(F)F)cc2)N(C)C1=O. The van der Waals surface area contributed by atoms with Gasteiger partial charge >= 0.3 is 12.1 Å². The van der Waals surface area contributed by atoms with Gasteiger partial charge in [0.15, 0.2) is 5.57 Å². The summed E-state index contributed by atoms with van der Waals surface area (Å²) in [6.45, 7) is 1.66. The number of likely N-dealkylation sites (N-methyl/N-ethyl adjacent to an activating group) is 1. The molecule has 1 fully saturated rings. The number of alkyl halides is 3. The number of aliphatic hydroxyl groups is 1. The molecule has 3 rings (SSSR count). The van der Waals surface area contributed by atoms with Crippen molar-refractivity contribution in [2.75, 3.05) is 13.7 Å². The van der Waals surface area contributed by atoms with Crippen LogP contribution in [0.25, 0.3) is 0 Å². The lowest BCUT2D eigenvalue weighted by Gasteiger charge is -2.50. The summed E-state index contributed by atoms with van der Waals surface area (Å²) in [6, 6.07) is 3.97. The van der Waals surface area contributed by atoms with Crippen LogP contribution in [0, 0.1) is 5.41 Å². The van der Waals surface area contributed by atoms with Gasteiger partial charge in [0.1, 0.15) is 5.76 Å². The summed E-state index contributed by atoms with van der Waals surface area (Å²) in [5.74, 6) is -1.87. The van der Waals surface area contributed by atoms with E-state index in [9.17, 15) is 27.9 Å². The molecule has 1 heterocycles. The molecule has 1 atom stereocenters. The molecule has 1 aliphatic heterocycles. The quantitative estimate of drug-likeness (QED) is 0.586. The molecule has 1 N–H and O–H groups in total. The molecule has 1 aromatic carbocycles. The van der Waals surface area contributed by atoms with Crippen LogP contribution in [-0.4, -0.2) is 35.5 Å². The molecular formula is C21H24F3NO4. The number of nitrogens with zero attached hydrogens (tertiary/aromatic N) is 1. The Balaban J connectivity index is 2.13. The minimum atomic E-state index is -4.46. The van der Waals surface area contributed by atoms with Crippen LogP contribution in [0.4, 0.5) is 13.2 Å². The molecule has 1 aliphatic carbocycles. The Bertz CT molecular complexity index is 823. The Labute approximate surface area is 167 Å². The first-order chi connectivity index (χ1) is 13.6. The van der Waals surface area contributed by atoms with Crippen LogP contribution >= 0.6 is 0 Å². The molecule has 29 heavy (non-hydrogen) atoms. The van der Waals surface area contributed by atoms with E-state index < -0.39 is 35.1 Å². The third-order valence-electron chi connectivity index (χ3n) is 5.93. The van der Waals surface area contributed by atoms with Crippen molar-refractivity contribution in [1.29, 1.82) is 0 Å². The lowest BCUT2D eigenvalue weighted by molar-refractivity contribution is -0.146. The third-order valence-corrected chi connectivity index (χ3v) is 5.93. The van der Waals surface area contributed by atoms with Gasteiger partial charge in [0.05, 0.1) is 23.6 Å². The number of ether oxygens (including phenoxy) is 1. The smallest absolute Gasteiger partial charge is 0.416 e. The van der Waals surface area contributed by atoms with Gasteiger partial charge in [0.2, 0.25) is 0 Å². The van der Waals surface area contributed by atoms with E-state index >= 15 is 0 Å². The van der Waals surface area contributed by atoms with Gasteiger partial charge in [0, 0.05) is 7.05 Å². The summed E-state index contributed by atoms with van der Waals surface area (Å²) in [5, 5.41) is 11.1. The molecule has 0 radical (unpaired) electrons. The fourth-order valence-corrected chi connectivity index (χ4v) is 4.62. The molecule has 0 bridgehead atoms. The largest absolute Gasteiger partial charge is 0.511 e. The Hall–Kier alpha value is -2.51. The highest BCUT2D eigenvalue weighted by atomic mass is 19.4. The first-order valence-electron chi connectivity index (χ1n) is 9.68. The highest BCUT2D eigenvalue weighted by molar-refractivity contribution is 6.17. The molecular weight excluding hydrogens is 387 g/mol. The van der Waals surface area contributed by atoms with E-state index in [2.05, 4.69) is 0 Å². The number of amides is 1. The van der Waals surface area contributed by atoms with Gasteiger partial charge in [-0.3, -0.25) is 4.79 Å². The minimum Gasteiger partial charge on any atom is -0.511 e. The van der Waals surface area contributed by atoms with Crippen molar-refractivity contribution in [2.45, 2.75) is 51.2 Å². The number of benzene rings is 1. The predicted molar refractivity (Wildman–Crippen MR) is 98.8 cm³/mol. The molecule has 1 amide bonds. The number of esters is 1. The highest BCUT2D eigenvalue weighted by Gasteiger charge is 2.54. The van der Waals surface area contributed by atoms with Crippen LogP contribution in [0.15, 0.2) is 35.6 Å². The first-order valence-corrected chi connectivity index (χ1v) is 9.68. The van der Waals surface area contributed by atoms with Gasteiger partial charge in [-0.25, -0.2) is 4.79 Å². The van der Waals surface area contributed by atoms with Crippen LogP contribution < -0.4 is 0 Å². The fraction of sp³-hybridized carbons (Fsp3) is 0.524. The van der Waals surface area contributed by atoms with E-state index in [1.54, 1.807) is 6.92 Å². The number of aliphatic hydroxyl groups excluding tert-OH is 1. The van der Waals surface area contributed by atoms with Gasteiger partial charge in [-0.15, -0.1) is 0 Å². The standard InChI is InChI=1S/C21H24F3NO4/c1-3-29-19(28)15-17(26)20(11-5-4-6-12-20)16(25(2)18(15)27)13-7-9-14(10-8-13)21(22,23)24/h7-10,16,26H,3-6,11-12H2,1-2H3.